The topological polar surface area (TPSA) is 30.2 Å². The second kappa shape index (κ2) is 7.12. The van der Waals surface area contributed by atoms with E-state index in [4.69, 9.17) is 4.98 Å². The molecule has 0 saturated carbocycles. The maximum Gasteiger partial charge on any atom is 0.230 e. The van der Waals surface area contributed by atoms with Gasteiger partial charge in [-0.05, 0) is 40.1 Å². The summed E-state index contributed by atoms with van der Waals surface area (Å²) in [4.78, 5) is 10.5. The molecule has 0 unspecified atom stereocenters. The Morgan fingerprint density at radius 3 is 2.48 bits per heavy atom. The van der Waals surface area contributed by atoms with Gasteiger partial charge in [-0.25, -0.2) is 9.98 Å². The van der Waals surface area contributed by atoms with E-state index in [0.717, 1.165) is 28.4 Å². The molecular formula is C23H23N3S. The maximum atomic E-state index is 4.73. The third kappa shape index (κ3) is 3.86. The average Bonchev–Trinajstić information content (AvgIpc) is 3.28. The van der Waals surface area contributed by atoms with Crippen LogP contribution in [0, 0.1) is 0 Å². The van der Waals surface area contributed by atoms with Crippen molar-refractivity contribution in [1.29, 1.82) is 0 Å². The summed E-state index contributed by atoms with van der Waals surface area (Å²) >= 11 is 1.68. The van der Waals surface area contributed by atoms with E-state index < -0.39 is 0 Å². The van der Waals surface area contributed by atoms with Crippen LogP contribution in [0.15, 0.2) is 71.0 Å². The first-order valence-electron chi connectivity index (χ1n) is 9.13. The third-order valence-corrected chi connectivity index (χ3v) is 5.45. The number of imidazole rings is 1. The number of hydrogen-bond acceptors (Lipinski definition) is 3. The van der Waals surface area contributed by atoms with E-state index in [0.29, 0.717) is 0 Å². The monoisotopic (exact) mass is 373 g/mol. The fourth-order valence-corrected chi connectivity index (χ4v) is 3.68. The van der Waals surface area contributed by atoms with Crippen molar-refractivity contribution in [2.75, 3.05) is 0 Å². The Balaban J connectivity index is 1.70. The van der Waals surface area contributed by atoms with Crippen molar-refractivity contribution in [3.63, 3.8) is 0 Å². The summed E-state index contributed by atoms with van der Waals surface area (Å²) in [6.45, 7) is 7.47. The lowest BCUT2D eigenvalue weighted by molar-refractivity contribution is 0.590. The smallest absolute Gasteiger partial charge is 0.230 e. The van der Waals surface area contributed by atoms with Gasteiger partial charge in [0.2, 0.25) is 5.95 Å². The normalized spacial score (nSPS) is 12.3. The van der Waals surface area contributed by atoms with Crippen LogP contribution in [0.4, 0.5) is 5.95 Å². The van der Waals surface area contributed by atoms with Gasteiger partial charge in [0.25, 0.3) is 0 Å². The minimum atomic E-state index is 0.163. The molecule has 0 aliphatic heterocycles. The molecule has 0 fully saturated rings. The number of fused-ring (bicyclic) bond motifs is 1. The Morgan fingerprint density at radius 2 is 1.78 bits per heavy atom. The highest BCUT2D eigenvalue weighted by Crippen LogP contribution is 2.25. The summed E-state index contributed by atoms with van der Waals surface area (Å²) in [5.74, 6) is 0.740. The largest absolute Gasteiger partial charge is 0.304 e. The van der Waals surface area contributed by atoms with Crippen molar-refractivity contribution in [1.82, 2.24) is 9.55 Å². The highest BCUT2D eigenvalue weighted by Gasteiger charge is 2.14. The van der Waals surface area contributed by atoms with Crippen molar-refractivity contribution >= 4 is 34.5 Å². The Morgan fingerprint density at radius 1 is 1.00 bits per heavy atom. The number of aliphatic imine (C=N–C) groups is 1. The molecule has 0 radical (unpaired) electrons. The summed E-state index contributed by atoms with van der Waals surface area (Å²) in [5.41, 5.74) is 4.84. The zero-order chi connectivity index (χ0) is 18.9. The van der Waals surface area contributed by atoms with Gasteiger partial charge in [-0.15, -0.1) is 11.3 Å². The van der Waals surface area contributed by atoms with Gasteiger partial charge in [0, 0.05) is 11.1 Å². The number of hydrogen-bond donors (Lipinski definition) is 0. The Hall–Kier alpha value is -2.72. The van der Waals surface area contributed by atoms with Gasteiger partial charge in [0.05, 0.1) is 17.6 Å². The molecule has 136 valence electrons. The van der Waals surface area contributed by atoms with Crippen LogP contribution >= 0.6 is 11.3 Å². The second-order valence-electron chi connectivity index (χ2n) is 7.71. The molecule has 0 atom stereocenters. The van der Waals surface area contributed by atoms with Gasteiger partial charge >= 0.3 is 0 Å². The third-order valence-electron chi connectivity index (χ3n) is 4.65. The lowest BCUT2D eigenvalue weighted by Crippen LogP contribution is -2.11. The standard InChI is InChI=1S/C23H23N3S/c1-23(2,3)18-12-10-17(11-13-18)16-26-21-9-5-4-8-20(21)25-22(26)24-15-19-7-6-14-27-19/h4-15H,16H2,1-3H3. The molecule has 2 aromatic heterocycles. The summed E-state index contributed by atoms with van der Waals surface area (Å²) in [6.07, 6.45) is 1.89. The molecule has 0 N–H and O–H groups in total. The lowest BCUT2D eigenvalue weighted by atomic mass is 9.87. The lowest BCUT2D eigenvalue weighted by Gasteiger charge is -2.19. The van der Waals surface area contributed by atoms with Crippen LogP contribution in [0.25, 0.3) is 11.0 Å². The molecular weight excluding hydrogens is 350 g/mol. The molecule has 0 amide bonds. The summed E-state index contributed by atoms with van der Waals surface area (Å²) in [7, 11) is 0. The highest BCUT2D eigenvalue weighted by molar-refractivity contribution is 7.11. The van der Waals surface area contributed by atoms with Gasteiger partial charge in [0.1, 0.15) is 0 Å². The van der Waals surface area contributed by atoms with Gasteiger partial charge in [0.15, 0.2) is 0 Å². The van der Waals surface area contributed by atoms with Crippen LogP contribution < -0.4 is 0 Å². The number of aromatic nitrogens is 2. The van der Waals surface area contributed by atoms with Crippen LogP contribution in [0.5, 0.6) is 0 Å². The van der Waals surface area contributed by atoms with Crippen LogP contribution in [-0.2, 0) is 12.0 Å². The van der Waals surface area contributed by atoms with Crippen molar-refractivity contribution < 1.29 is 0 Å². The van der Waals surface area contributed by atoms with Crippen molar-refractivity contribution in [2.24, 2.45) is 4.99 Å². The van der Waals surface area contributed by atoms with Crippen LogP contribution in [0.1, 0.15) is 36.8 Å². The first kappa shape index (κ1) is 17.7. The number of para-hydroxylation sites is 2. The van der Waals surface area contributed by atoms with E-state index in [2.05, 4.69) is 78.2 Å². The Kier molecular flexibility index (Phi) is 4.66. The Labute approximate surface area is 164 Å². The van der Waals surface area contributed by atoms with Crippen molar-refractivity contribution in [3.8, 4) is 0 Å². The zero-order valence-corrected chi connectivity index (χ0v) is 16.7. The Bertz CT molecular complexity index is 1070. The summed E-state index contributed by atoms with van der Waals surface area (Å²) in [5, 5.41) is 2.06. The first-order valence-corrected chi connectivity index (χ1v) is 10.0. The van der Waals surface area contributed by atoms with Gasteiger partial charge in [-0.1, -0.05) is 63.2 Å². The zero-order valence-electron chi connectivity index (χ0n) is 15.9. The van der Waals surface area contributed by atoms with Crippen LogP contribution in [0.3, 0.4) is 0 Å². The van der Waals surface area contributed by atoms with Crippen molar-refractivity contribution in [3.05, 3.63) is 82.0 Å². The van der Waals surface area contributed by atoms with Crippen LogP contribution in [0.2, 0.25) is 0 Å². The molecule has 0 aliphatic rings. The molecule has 0 spiro atoms. The van der Waals surface area contributed by atoms with Gasteiger partial charge in [-0.2, -0.15) is 0 Å². The SMILES string of the molecule is CC(C)(C)c1ccc(Cn2c(N=Cc3cccs3)nc3ccccc32)cc1. The van der Waals surface area contributed by atoms with E-state index in [-0.39, 0.29) is 5.41 Å². The summed E-state index contributed by atoms with van der Waals surface area (Å²) in [6, 6.07) is 21.2. The van der Waals surface area contributed by atoms with E-state index in [1.54, 1.807) is 11.3 Å². The molecule has 2 heterocycles. The second-order valence-corrected chi connectivity index (χ2v) is 8.69. The average molecular weight is 374 g/mol. The molecule has 4 rings (SSSR count). The molecule has 0 aliphatic carbocycles. The number of rotatable bonds is 4. The fourth-order valence-electron chi connectivity index (χ4n) is 3.10. The number of benzene rings is 2. The summed E-state index contributed by atoms with van der Waals surface area (Å²) < 4.78 is 2.19. The van der Waals surface area contributed by atoms with Gasteiger partial charge in [-0.3, -0.25) is 0 Å². The molecule has 0 bridgehead atoms. The minimum absolute atomic E-state index is 0.163. The van der Waals surface area contributed by atoms with Gasteiger partial charge < -0.3 is 4.57 Å². The molecule has 2 aromatic carbocycles. The quantitative estimate of drug-likeness (QED) is 0.392. The first-order chi connectivity index (χ1) is 13.0. The number of thiophene rings is 1. The molecule has 0 saturated heterocycles. The van der Waals surface area contributed by atoms with E-state index in [1.807, 2.05) is 24.4 Å². The van der Waals surface area contributed by atoms with Crippen LogP contribution in [-0.4, -0.2) is 15.8 Å². The maximum absolute atomic E-state index is 4.73. The highest BCUT2D eigenvalue weighted by atomic mass is 32.1. The molecule has 4 aromatic rings. The molecule has 4 heteroatoms. The van der Waals surface area contributed by atoms with E-state index >= 15 is 0 Å². The number of nitrogens with zero attached hydrogens (tertiary/aromatic N) is 3. The van der Waals surface area contributed by atoms with E-state index in [1.165, 1.54) is 11.1 Å². The minimum Gasteiger partial charge on any atom is -0.304 e. The van der Waals surface area contributed by atoms with Crippen molar-refractivity contribution in [2.45, 2.75) is 32.7 Å². The predicted octanol–water partition coefficient (Wildman–Crippen LogP) is 6.19. The predicted molar refractivity (Wildman–Crippen MR) is 116 cm³/mol. The fraction of sp³-hybridized carbons (Fsp3) is 0.217. The molecule has 3 nitrogen and oxygen atoms in total. The molecule has 27 heavy (non-hydrogen) atoms. The van der Waals surface area contributed by atoms with E-state index in [9.17, 15) is 0 Å².